The number of aromatic nitrogens is 2. The number of esters is 1. The normalized spacial score (nSPS) is 11.7. The fourth-order valence-electron chi connectivity index (χ4n) is 2.05. The Morgan fingerprint density at radius 2 is 2.00 bits per heavy atom. The fourth-order valence-corrected chi connectivity index (χ4v) is 2.05. The van der Waals surface area contributed by atoms with Crippen LogP contribution in [0.25, 0.3) is 0 Å². The van der Waals surface area contributed by atoms with Crippen LogP contribution in [0.15, 0.2) is 30.3 Å². The Bertz CT molecular complexity index is 688. The van der Waals surface area contributed by atoms with Gasteiger partial charge in [-0.2, -0.15) is 0 Å². The molecule has 0 spiro atoms. The molecule has 0 radical (unpaired) electrons. The largest absolute Gasteiger partial charge is 0.465 e. The van der Waals surface area contributed by atoms with E-state index in [1.54, 1.807) is 18.2 Å². The van der Waals surface area contributed by atoms with Gasteiger partial charge in [0.15, 0.2) is 0 Å². The maximum atomic E-state index is 11.6. The minimum Gasteiger partial charge on any atom is -0.465 e. The summed E-state index contributed by atoms with van der Waals surface area (Å²) in [7, 11) is 1.36. The molecule has 0 saturated carbocycles. The molecule has 0 saturated heterocycles. The molecule has 2 rings (SSSR count). The highest BCUT2D eigenvalue weighted by atomic mass is 16.5. The van der Waals surface area contributed by atoms with Gasteiger partial charge in [-0.15, -0.1) is 0 Å². The zero-order valence-electron chi connectivity index (χ0n) is 13.9. The van der Waals surface area contributed by atoms with Crippen molar-refractivity contribution in [3.8, 4) is 0 Å². The molecule has 1 aromatic carbocycles. The van der Waals surface area contributed by atoms with Crippen LogP contribution in [0, 0.1) is 6.92 Å². The van der Waals surface area contributed by atoms with Crippen molar-refractivity contribution >= 4 is 23.3 Å². The van der Waals surface area contributed by atoms with Crippen LogP contribution in [0.3, 0.4) is 0 Å². The van der Waals surface area contributed by atoms with Gasteiger partial charge in [-0.05, 0) is 38.5 Å². The Hall–Kier alpha value is -2.63. The minimum atomic E-state index is -0.369. The van der Waals surface area contributed by atoms with Gasteiger partial charge >= 0.3 is 5.97 Å². The Labute approximate surface area is 136 Å². The lowest BCUT2D eigenvalue weighted by atomic mass is 10.2. The number of hydrogen-bond acceptors (Lipinski definition) is 6. The number of aryl methyl sites for hydroxylation is 1. The number of anilines is 3. The molecular weight excluding hydrogens is 292 g/mol. The summed E-state index contributed by atoms with van der Waals surface area (Å²) in [5.41, 5.74) is 1.25. The summed E-state index contributed by atoms with van der Waals surface area (Å²) in [6.07, 6.45) is 1.01. The maximum absolute atomic E-state index is 11.6. The lowest BCUT2D eigenvalue weighted by Crippen LogP contribution is -2.15. The molecule has 1 aromatic heterocycles. The van der Waals surface area contributed by atoms with Crippen LogP contribution in [0.1, 0.15) is 36.5 Å². The van der Waals surface area contributed by atoms with Gasteiger partial charge < -0.3 is 15.4 Å². The Balaban J connectivity index is 2.21. The summed E-state index contributed by atoms with van der Waals surface area (Å²) >= 11 is 0. The van der Waals surface area contributed by atoms with Crippen molar-refractivity contribution in [3.05, 3.63) is 41.7 Å². The van der Waals surface area contributed by atoms with Crippen molar-refractivity contribution in [2.24, 2.45) is 0 Å². The zero-order valence-corrected chi connectivity index (χ0v) is 13.9. The van der Waals surface area contributed by atoms with Crippen LogP contribution < -0.4 is 10.6 Å². The first-order valence-corrected chi connectivity index (χ1v) is 7.59. The van der Waals surface area contributed by atoms with Crippen LogP contribution in [-0.4, -0.2) is 29.1 Å². The molecule has 6 heteroatoms. The molecule has 0 aliphatic rings. The summed E-state index contributed by atoms with van der Waals surface area (Å²) in [5.74, 6) is 1.75. The Morgan fingerprint density at radius 1 is 1.26 bits per heavy atom. The second-order valence-electron chi connectivity index (χ2n) is 5.34. The highest BCUT2D eigenvalue weighted by molar-refractivity contribution is 5.90. The first kappa shape index (κ1) is 16.7. The molecule has 0 aliphatic heterocycles. The third-order valence-corrected chi connectivity index (χ3v) is 3.40. The minimum absolute atomic E-state index is 0.333. The van der Waals surface area contributed by atoms with E-state index < -0.39 is 0 Å². The zero-order chi connectivity index (χ0) is 16.8. The van der Waals surface area contributed by atoms with Crippen molar-refractivity contribution in [2.75, 3.05) is 17.7 Å². The van der Waals surface area contributed by atoms with Crippen molar-refractivity contribution in [1.82, 2.24) is 9.97 Å². The number of carbonyl (C=O) groups is 1. The van der Waals surface area contributed by atoms with Crippen molar-refractivity contribution in [2.45, 2.75) is 33.2 Å². The third-order valence-electron chi connectivity index (χ3n) is 3.40. The molecule has 2 aromatic rings. The number of nitrogens with zero attached hydrogens (tertiary/aromatic N) is 2. The molecule has 1 atom stereocenters. The molecule has 0 fully saturated rings. The van der Waals surface area contributed by atoms with Crippen LogP contribution >= 0.6 is 0 Å². The lowest BCUT2D eigenvalue weighted by molar-refractivity contribution is 0.0601. The van der Waals surface area contributed by atoms with Gasteiger partial charge in [0, 0.05) is 17.8 Å². The van der Waals surface area contributed by atoms with Gasteiger partial charge in [-0.3, -0.25) is 0 Å². The number of ether oxygens (including phenoxy) is 1. The second-order valence-corrected chi connectivity index (χ2v) is 5.34. The lowest BCUT2D eigenvalue weighted by Gasteiger charge is -2.14. The summed E-state index contributed by atoms with van der Waals surface area (Å²) in [5, 5.41) is 6.53. The van der Waals surface area contributed by atoms with Crippen LogP contribution in [0.4, 0.5) is 17.3 Å². The van der Waals surface area contributed by atoms with Gasteiger partial charge in [0.2, 0.25) is 0 Å². The molecule has 0 amide bonds. The molecule has 2 N–H and O–H groups in total. The first-order chi connectivity index (χ1) is 11.0. The molecule has 122 valence electrons. The standard InChI is InChI=1S/C17H22N4O2/c1-5-11(2)18-15-10-16(20-12(3)19-15)21-14-8-6-7-13(9-14)17(22)23-4/h6-11H,5H2,1-4H3,(H2,18,19,20,21). The second kappa shape index (κ2) is 7.58. The predicted octanol–water partition coefficient (Wildman–Crippen LogP) is 3.53. The summed E-state index contributed by atoms with van der Waals surface area (Å²) in [6.45, 7) is 6.06. The van der Waals surface area contributed by atoms with E-state index in [4.69, 9.17) is 4.74 Å². The number of hydrogen-bond donors (Lipinski definition) is 2. The first-order valence-electron chi connectivity index (χ1n) is 7.59. The van der Waals surface area contributed by atoms with Crippen molar-refractivity contribution in [1.29, 1.82) is 0 Å². The van der Waals surface area contributed by atoms with Crippen LogP contribution in [0.5, 0.6) is 0 Å². The van der Waals surface area contributed by atoms with E-state index in [9.17, 15) is 4.79 Å². The summed E-state index contributed by atoms with van der Waals surface area (Å²) in [6, 6.07) is 9.28. The number of methoxy groups -OCH3 is 1. The smallest absolute Gasteiger partial charge is 0.337 e. The quantitative estimate of drug-likeness (QED) is 0.794. The van der Waals surface area contributed by atoms with Crippen LogP contribution in [-0.2, 0) is 4.74 Å². The molecule has 1 heterocycles. The maximum Gasteiger partial charge on any atom is 0.337 e. The average Bonchev–Trinajstić information content (AvgIpc) is 2.53. The van der Waals surface area contributed by atoms with E-state index in [1.807, 2.05) is 19.1 Å². The fraction of sp³-hybridized carbons (Fsp3) is 0.353. The molecule has 0 bridgehead atoms. The summed E-state index contributed by atoms with van der Waals surface area (Å²) < 4.78 is 4.73. The number of nitrogens with one attached hydrogen (secondary N) is 2. The Morgan fingerprint density at radius 3 is 2.70 bits per heavy atom. The molecular formula is C17H22N4O2. The summed E-state index contributed by atoms with van der Waals surface area (Å²) in [4.78, 5) is 20.4. The average molecular weight is 314 g/mol. The van der Waals surface area contributed by atoms with Crippen LogP contribution in [0.2, 0.25) is 0 Å². The number of benzene rings is 1. The van der Waals surface area contributed by atoms with Gasteiger partial charge in [-0.25, -0.2) is 14.8 Å². The van der Waals surface area contributed by atoms with Crippen molar-refractivity contribution < 1.29 is 9.53 Å². The topological polar surface area (TPSA) is 76.1 Å². The number of carbonyl (C=O) groups excluding carboxylic acids is 1. The van der Waals surface area contributed by atoms with E-state index in [2.05, 4.69) is 34.4 Å². The molecule has 23 heavy (non-hydrogen) atoms. The van der Waals surface area contributed by atoms with E-state index in [0.29, 0.717) is 23.2 Å². The van der Waals surface area contributed by atoms with E-state index in [-0.39, 0.29) is 5.97 Å². The number of rotatable bonds is 6. The predicted molar refractivity (Wildman–Crippen MR) is 91.2 cm³/mol. The highest BCUT2D eigenvalue weighted by Gasteiger charge is 2.08. The van der Waals surface area contributed by atoms with E-state index >= 15 is 0 Å². The molecule has 1 unspecified atom stereocenters. The van der Waals surface area contributed by atoms with E-state index in [0.717, 1.165) is 17.9 Å². The Kier molecular flexibility index (Phi) is 5.51. The third kappa shape index (κ3) is 4.67. The molecule has 0 aliphatic carbocycles. The SMILES string of the molecule is CCC(C)Nc1cc(Nc2cccc(C(=O)OC)c2)nc(C)n1. The van der Waals surface area contributed by atoms with Crippen molar-refractivity contribution in [3.63, 3.8) is 0 Å². The van der Waals surface area contributed by atoms with E-state index in [1.165, 1.54) is 7.11 Å². The van der Waals surface area contributed by atoms with Gasteiger partial charge in [0.25, 0.3) is 0 Å². The highest BCUT2D eigenvalue weighted by Crippen LogP contribution is 2.19. The monoisotopic (exact) mass is 314 g/mol. The van der Waals surface area contributed by atoms with Gasteiger partial charge in [0.05, 0.1) is 12.7 Å². The van der Waals surface area contributed by atoms with Gasteiger partial charge in [0.1, 0.15) is 17.5 Å². The molecule has 6 nitrogen and oxygen atoms in total. The van der Waals surface area contributed by atoms with Gasteiger partial charge in [-0.1, -0.05) is 13.0 Å².